The van der Waals surface area contributed by atoms with Gasteiger partial charge < -0.3 is 11.5 Å². The molecule has 0 aromatic rings. The van der Waals surface area contributed by atoms with Crippen LogP contribution in [0.4, 0.5) is 0 Å². The fourth-order valence-corrected chi connectivity index (χ4v) is 2.62. The molecule has 0 bridgehead atoms. The van der Waals surface area contributed by atoms with Crippen LogP contribution in [0.25, 0.3) is 0 Å². The van der Waals surface area contributed by atoms with E-state index in [-0.39, 0.29) is 11.4 Å². The van der Waals surface area contributed by atoms with Crippen LogP contribution in [0.1, 0.15) is 39.0 Å². The normalized spacial score (nSPS) is 19.7. The van der Waals surface area contributed by atoms with E-state index < -0.39 is 0 Å². The Morgan fingerprint density at radius 2 is 2.00 bits per heavy atom. The van der Waals surface area contributed by atoms with Gasteiger partial charge in [0.05, 0.1) is 6.54 Å². The lowest BCUT2D eigenvalue weighted by Gasteiger charge is -2.40. The highest BCUT2D eigenvalue weighted by molar-refractivity contribution is 5.76. The van der Waals surface area contributed by atoms with Crippen LogP contribution < -0.4 is 11.5 Å². The van der Waals surface area contributed by atoms with E-state index in [9.17, 15) is 4.79 Å². The Morgan fingerprint density at radius 1 is 1.40 bits per heavy atom. The zero-order valence-electron chi connectivity index (χ0n) is 9.67. The number of nitrogens with zero attached hydrogens (tertiary/aromatic N) is 1. The molecule has 0 radical (unpaired) electrons. The van der Waals surface area contributed by atoms with Crippen LogP contribution >= 0.6 is 0 Å². The van der Waals surface area contributed by atoms with Crippen LogP contribution in [0.2, 0.25) is 0 Å². The first kappa shape index (κ1) is 12.5. The minimum atomic E-state index is -0.247. The number of carbonyl (C=O) groups excluding carboxylic acids is 1. The summed E-state index contributed by atoms with van der Waals surface area (Å²) in [5.41, 5.74) is 11.2. The van der Waals surface area contributed by atoms with Crippen LogP contribution in [0, 0.1) is 0 Å². The Hall–Kier alpha value is -0.610. The molecule has 1 amide bonds. The number of rotatable bonds is 6. The summed E-state index contributed by atoms with van der Waals surface area (Å²) in [5, 5.41) is 0. The second-order valence-corrected chi connectivity index (χ2v) is 4.52. The Bertz CT molecular complexity index is 212. The van der Waals surface area contributed by atoms with Gasteiger partial charge in [-0.25, -0.2) is 0 Å². The molecule has 1 aliphatic carbocycles. The van der Waals surface area contributed by atoms with Crippen molar-refractivity contribution >= 4 is 5.91 Å². The van der Waals surface area contributed by atoms with Crippen LogP contribution in [0.5, 0.6) is 0 Å². The average Bonchev–Trinajstić information content (AvgIpc) is 2.66. The summed E-state index contributed by atoms with van der Waals surface area (Å²) in [7, 11) is 0. The first-order valence-corrected chi connectivity index (χ1v) is 5.88. The number of carbonyl (C=O) groups is 1. The van der Waals surface area contributed by atoms with Crippen molar-refractivity contribution in [3.8, 4) is 0 Å². The summed E-state index contributed by atoms with van der Waals surface area (Å²) < 4.78 is 0. The first-order valence-electron chi connectivity index (χ1n) is 5.88. The SMILES string of the molecule is CCCN(CC(N)=O)C1(CN)CCCC1. The fourth-order valence-electron chi connectivity index (χ4n) is 2.62. The molecule has 0 spiro atoms. The van der Waals surface area contributed by atoms with Crippen molar-refractivity contribution in [1.82, 2.24) is 4.90 Å². The molecule has 1 saturated carbocycles. The largest absolute Gasteiger partial charge is 0.369 e. The Kier molecular flexibility index (Phi) is 4.54. The molecule has 4 N–H and O–H groups in total. The minimum Gasteiger partial charge on any atom is -0.369 e. The second kappa shape index (κ2) is 5.47. The van der Waals surface area contributed by atoms with Crippen LogP contribution in [-0.2, 0) is 4.79 Å². The highest BCUT2D eigenvalue weighted by Gasteiger charge is 2.38. The van der Waals surface area contributed by atoms with Gasteiger partial charge >= 0.3 is 0 Å². The maximum Gasteiger partial charge on any atom is 0.231 e. The standard InChI is InChI=1S/C11H23N3O/c1-2-7-14(8-10(13)15)11(9-12)5-3-4-6-11/h2-9,12H2,1H3,(H2,13,15). The Labute approximate surface area is 92.0 Å². The van der Waals surface area contributed by atoms with E-state index in [2.05, 4.69) is 11.8 Å². The van der Waals surface area contributed by atoms with Crippen LogP contribution in [0.15, 0.2) is 0 Å². The van der Waals surface area contributed by atoms with Crippen LogP contribution in [0.3, 0.4) is 0 Å². The summed E-state index contributed by atoms with van der Waals surface area (Å²) >= 11 is 0. The molecule has 0 aromatic carbocycles. The molecule has 0 atom stereocenters. The van der Waals surface area contributed by atoms with Gasteiger partial charge in [0.2, 0.25) is 5.91 Å². The van der Waals surface area contributed by atoms with Crippen molar-refractivity contribution in [3.63, 3.8) is 0 Å². The van der Waals surface area contributed by atoms with E-state index in [1.807, 2.05) is 0 Å². The summed E-state index contributed by atoms with van der Waals surface area (Å²) in [6, 6.07) is 0. The number of primary amides is 1. The molecule has 1 rings (SSSR count). The number of hydrogen-bond donors (Lipinski definition) is 2. The van der Waals surface area contributed by atoms with Gasteiger partial charge in [0.25, 0.3) is 0 Å². The predicted octanol–water partition coefficient (Wildman–Crippen LogP) is 0.455. The summed E-state index contributed by atoms with van der Waals surface area (Å²) in [5.74, 6) is -0.247. The van der Waals surface area contributed by atoms with E-state index in [1.165, 1.54) is 12.8 Å². The van der Waals surface area contributed by atoms with Gasteiger partial charge in [0, 0.05) is 12.1 Å². The van der Waals surface area contributed by atoms with Crippen molar-refractivity contribution in [2.75, 3.05) is 19.6 Å². The van der Waals surface area contributed by atoms with Crippen molar-refractivity contribution in [1.29, 1.82) is 0 Å². The van der Waals surface area contributed by atoms with Crippen molar-refractivity contribution in [2.24, 2.45) is 11.5 Å². The molecule has 4 heteroatoms. The zero-order valence-corrected chi connectivity index (χ0v) is 9.67. The van der Waals surface area contributed by atoms with E-state index in [0.717, 1.165) is 25.8 Å². The molecule has 1 aliphatic rings. The van der Waals surface area contributed by atoms with Gasteiger partial charge in [-0.15, -0.1) is 0 Å². The molecule has 1 fully saturated rings. The Balaban J connectivity index is 2.70. The van der Waals surface area contributed by atoms with Gasteiger partial charge in [-0.05, 0) is 25.8 Å². The minimum absolute atomic E-state index is 0.0467. The lowest BCUT2D eigenvalue weighted by Crippen LogP contribution is -2.54. The van der Waals surface area contributed by atoms with Gasteiger partial charge in [-0.1, -0.05) is 19.8 Å². The topological polar surface area (TPSA) is 72.3 Å². The van der Waals surface area contributed by atoms with E-state index in [0.29, 0.717) is 13.1 Å². The number of hydrogen-bond acceptors (Lipinski definition) is 3. The molecule has 0 aliphatic heterocycles. The molecule has 4 nitrogen and oxygen atoms in total. The molecule has 15 heavy (non-hydrogen) atoms. The first-order chi connectivity index (χ1) is 7.14. The highest BCUT2D eigenvalue weighted by Crippen LogP contribution is 2.34. The third kappa shape index (κ3) is 2.92. The maximum atomic E-state index is 11.0. The maximum absolute atomic E-state index is 11.0. The zero-order chi connectivity index (χ0) is 11.3. The van der Waals surface area contributed by atoms with Gasteiger partial charge in [0.1, 0.15) is 0 Å². The quantitative estimate of drug-likeness (QED) is 0.673. The molecule has 0 aromatic heterocycles. The fraction of sp³-hybridized carbons (Fsp3) is 0.909. The third-order valence-electron chi connectivity index (χ3n) is 3.43. The van der Waals surface area contributed by atoms with E-state index in [4.69, 9.17) is 11.5 Å². The number of amides is 1. The molecule has 0 saturated heterocycles. The van der Waals surface area contributed by atoms with Gasteiger partial charge in [-0.2, -0.15) is 0 Å². The summed E-state index contributed by atoms with van der Waals surface area (Å²) in [4.78, 5) is 13.2. The second-order valence-electron chi connectivity index (χ2n) is 4.52. The Morgan fingerprint density at radius 3 is 2.40 bits per heavy atom. The monoisotopic (exact) mass is 213 g/mol. The van der Waals surface area contributed by atoms with Gasteiger partial charge in [0.15, 0.2) is 0 Å². The lowest BCUT2D eigenvalue weighted by atomic mass is 9.94. The van der Waals surface area contributed by atoms with Crippen molar-refractivity contribution < 1.29 is 4.79 Å². The highest BCUT2D eigenvalue weighted by atomic mass is 16.1. The predicted molar refractivity (Wildman–Crippen MR) is 61.3 cm³/mol. The molecular formula is C11H23N3O. The molecular weight excluding hydrogens is 190 g/mol. The molecule has 88 valence electrons. The smallest absolute Gasteiger partial charge is 0.231 e. The van der Waals surface area contributed by atoms with E-state index in [1.54, 1.807) is 0 Å². The summed E-state index contributed by atoms with van der Waals surface area (Å²) in [6.45, 7) is 4.03. The molecule has 0 unspecified atom stereocenters. The van der Waals surface area contributed by atoms with Crippen molar-refractivity contribution in [3.05, 3.63) is 0 Å². The van der Waals surface area contributed by atoms with Crippen molar-refractivity contribution in [2.45, 2.75) is 44.6 Å². The third-order valence-corrected chi connectivity index (χ3v) is 3.43. The van der Waals surface area contributed by atoms with Crippen LogP contribution in [-0.4, -0.2) is 36.0 Å². The molecule has 0 heterocycles. The number of nitrogens with two attached hydrogens (primary N) is 2. The average molecular weight is 213 g/mol. The summed E-state index contributed by atoms with van der Waals surface area (Å²) in [6.07, 6.45) is 5.69. The van der Waals surface area contributed by atoms with E-state index >= 15 is 0 Å². The lowest BCUT2D eigenvalue weighted by molar-refractivity contribution is -0.120. The van der Waals surface area contributed by atoms with Gasteiger partial charge in [-0.3, -0.25) is 9.69 Å².